The van der Waals surface area contributed by atoms with Crippen molar-refractivity contribution in [2.45, 2.75) is 75.3 Å². The van der Waals surface area contributed by atoms with Crippen LogP contribution in [0.4, 0.5) is 15.0 Å². The van der Waals surface area contributed by atoms with Gasteiger partial charge in [-0.1, -0.05) is 37.3 Å². The summed E-state index contributed by atoms with van der Waals surface area (Å²) in [7, 11) is -4.12. The first-order chi connectivity index (χ1) is 19.7. The van der Waals surface area contributed by atoms with Crippen molar-refractivity contribution in [1.29, 1.82) is 0 Å². The van der Waals surface area contributed by atoms with Gasteiger partial charge in [0.1, 0.15) is 23.8 Å². The number of hydrogen-bond acceptors (Lipinski definition) is 6. The zero-order valence-corrected chi connectivity index (χ0v) is 24.9. The molecule has 1 amide bonds. The quantitative estimate of drug-likeness (QED) is 0.288. The minimum absolute atomic E-state index is 0.0101. The third kappa shape index (κ3) is 7.71. The van der Waals surface area contributed by atoms with E-state index in [0.717, 1.165) is 41.9 Å². The molecule has 0 radical (unpaired) electrons. The van der Waals surface area contributed by atoms with E-state index in [4.69, 9.17) is 4.74 Å². The van der Waals surface area contributed by atoms with Crippen molar-refractivity contribution in [1.82, 2.24) is 9.71 Å². The molecule has 0 aliphatic heterocycles. The first-order valence-electron chi connectivity index (χ1n) is 13.8. The average molecular weight is 598 g/mol. The minimum atomic E-state index is -4.12. The standard InChI is InChI=1S/C31H36FN3O6S/c1-5-31(17-18-31)22-11-9-21(10-12-22)19-26(34-42(39,40)24-15-13-23(32)14-16-24)25-7-6-8-27(33-25)35(20-28(36)37)29(38)41-30(2,3)4/h6-16,26,34H,5,17-20H2,1-4H3,(H,36,37). The summed E-state index contributed by atoms with van der Waals surface area (Å²) in [5.74, 6) is -1.85. The molecule has 1 fully saturated rings. The van der Waals surface area contributed by atoms with Crippen LogP contribution in [-0.4, -0.2) is 42.7 Å². The Hall–Kier alpha value is -3.83. The number of carbonyl (C=O) groups is 2. The van der Waals surface area contributed by atoms with E-state index in [1.807, 2.05) is 12.1 Å². The second kappa shape index (κ2) is 12.2. The first-order valence-corrected chi connectivity index (χ1v) is 15.3. The number of aliphatic carboxylic acids is 1. The zero-order valence-electron chi connectivity index (χ0n) is 24.1. The van der Waals surface area contributed by atoms with Gasteiger partial charge in [0, 0.05) is 0 Å². The number of ether oxygens (including phenoxy) is 1. The Morgan fingerprint density at radius 2 is 1.71 bits per heavy atom. The van der Waals surface area contributed by atoms with Crippen molar-refractivity contribution in [2.75, 3.05) is 11.4 Å². The third-order valence-corrected chi connectivity index (χ3v) is 8.74. The Morgan fingerprint density at radius 1 is 1.07 bits per heavy atom. The van der Waals surface area contributed by atoms with Crippen LogP contribution in [0, 0.1) is 5.82 Å². The molecule has 1 saturated carbocycles. The van der Waals surface area contributed by atoms with Crippen LogP contribution in [0.15, 0.2) is 71.6 Å². The smallest absolute Gasteiger partial charge is 0.416 e. The largest absolute Gasteiger partial charge is 0.480 e. The number of benzene rings is 2. The Kier molecular flexibility index (Phi) is 9.03. The Bertz CT molecular complexity index is 1530. The van der Waals surface area contributed by atoms with Gasteiger partial charge in [0.05, 0.1) is 16.6 Å². The van der Waals surface area contributed by atoms with E-state index in [1.165, 1.54) is 23.8 Å². The molecule has 3 aromatic rings. The predicted octanol–water partition coefficient (Wildman–Crippen LogP) is 5.75. The molecule has 1 aromatic heterocycles. The van der Waals surface area contributed by atoms with E-state index in [0.29, 0.717) is 0 Å². The number of nitrogens with one attached hydrogen (secondary N) is 1. The molecule has 1 aliphatic carbocycles. The topological polar surface area (TPSA) is 126 Å². The number of hydrogen-bond donors (Lipinski definition) is 2. The number of halogens is 1. The number of nitrogens with zero attached hydrogens (tertiary/aromatic N) is 2. The van der Waals surface area contributed by atoms with E-state index < -0.39 is 46.1 Å². The maximum Gasteiger partial charge on any atom is 0.416 e. The summed E-state index contributed by atoms with van der Waals surface area (Å²) in [5.41, 5.74) is 1.68. The monoisotopic (exact) mass is 597 g/mol. The van der Waals surface area contributed by atoms with Crippen molar-refractivity contribution >= 4 is 27.9 Å². The first kappa shape index (κ1) is 31.1. The second-order valence-electron chi connectivity index (χ2n) is 11.5. The number of carboxylic acid groups (broad SMARTS) is 1. The summed E-state index contributed by atoms with van der Waals surface area (Å²) in [4.78, 5) is 29.8. The lowest BCUT2D eigenvalue weighted by molar-refractivity contribution is -0.135. The van der Waals surface area contributed by atoms with Crippen LogP contribution in [-0.2, 0) is 31.4 Å². The molecule has 1 unspecified atom stereocenters. The lowest BCUT2D eigenvalue weighted by Gasteiger charge is -2.26. The normalized spacial score (nSPS) is 15.1. The number of carboxylic acids is 1. The van der Waals surface area contributed by atoms with Crippen molar-refractivity contribution in [3.8, 4) is 0 Å². The number of amides is 1. The molecule has 224 valence electrons. The zero-order chi connectivity index (χ0) is 30.7. The summed E-state index contributed by atoms with van der Waals surface area (Å²) in [5, 5.41) is 9.47. The van der Waals surface area contributed by atoms with Gasteiger partial charge in [-0.2, -0.15) is 0 Å². The molecule has 0 bridgehead atoms. The molecule has 9 nitrogen and oxygen atoms in total. The van der Waals surface area contributed by atoms with Crippen LogP contribution >= 0.6 is 0 Å². The van der Waals surface area contributed by atoms with Gasteiger partial charge in [-0.3, -0.25) is 9.69 Å². The number of carbonyl (C=O) groups excluding carboxylic acids is 1. The Balaban J connectivity index is 1.70. The summed E-state index contributed by atoms with van der Waals surface area (Å²) in [6.45, 7) is 6.43. The van der Waals surface area contributed by atoms with Crippen LogP contribution in [0.1, 0.15) is 69.8 Å². The molecule has 4 rings (SSSR count). The number of aromatic nitrogens is 1. The molecule has 11 heteroatoms. The summed E-state index contributed by atoms with van der Waals surface area (Å²) in [6.07, 6.45) is 2.64. The van der Waals surface area contributed by atoms with E-state index in [2.05, 4.69) is 28.8 Å². The summed E-state index contributed by atoms with van der Waals surface area (Å²) in [6, 6.07) is 16.2. The lowest BCUT2D eigenvalue weighted by Crippen LogP contribution is -2.40. The summed E-state index contributed by atoms with van der Waals surface area (Å²) >= 11 is 0. The lowest BCUT2D eigenvalue weighted by atomic mass is 9.91. The molecule has 2 N–H and O–H groups in total. The molecule has 2 aromatic carbocycles. The highest BCUT2D eigenvalue weighted by Gasteiger charge is 2.42. The SMILES string of the molecule is CCC1(c2ccc(CC(NS(=O)(=O)c3ccc(F)cc3)c3cccc(N(CC(=O)O)C(=O)OC(C)(C)C)n3)cc2)CC1. The Labute approximate surface area is 245 Å². The predicted molar refractivity (Wildman–Crippen MR) is 156 cm³/mol. The van der Waals surface area contributed by atoms with Gasteiger partial charge in [0.2, 0.25) is 10.0 Å². The van der Waals surface area contributed by atoms with Gasteiger partial charge in [-0.25, -0.2) is 27.3 Å². The highest BCUT2D eigenvalue weighted by atomic mass is 32.2. The van der Waals surface area contributed by atoms with Gasteiger partial charge in [0.15, 0.2) is 0 Å². The maximum absolute atomic E-state index is 13.5. The van der Waals surface area contributed by atoms with E-state index >= 15 is 0 Å². The van der Waals surface area contributed by atoms with Crippen molar-refractivity contribution in [2.24, 2.45) is 0 Å². The van der Waals surface area contributed by atoms with Gasteiger partial charge in [-0.05, 0) is 99.4 Å². The van der Waals surface area contributed by atoms with Crippen molar-refractivity contribution in [3.05, 3.63) is 89.4 Å². The number of pyridine rings is 1. The van der Waals surface area contributed by atoms with Crippen LogP contribution in [0.25, 0.3) is 0 Å². The van der Waals surface area contributed by atoms with Crippen LogP contribution in [0.5, 0.6) is 0 Å². The number of rotatable bonds is 11. The summed E-state index contributed by atoms with van der Waals surface area (Å²) < 4.78 is 48.3. The van der Waals surface area contributed by atoms with E-state index in [9.17, 15) is 27.5 Å². The fourth-order valence-corrected chi connectivity index (χ4v) is 5.99. The Morgan fingerprint density at radius 3 is 2.26 bits per heavy atom. The molecule has 0 saturated heterocycles. The molecular formula is C31H36FN3O6S. The molecule has 42 heavy (non-hydrogen) atoms. The molecule has 1 aliphatic rings. The fourth-order valence-electron chi connectivity index (χ4n) is 4.78. The number of sulfonamides is 1. The third-order valence-electron chi connectivity index (χ3n) is 7.25. The van der Waals surface area contributed by atoms with Crippen molar-refractivity contribution in [3.63, 3.8) is 0 Å². The van der Waals surface area contributed by atoms with Crippen LogP contribution < -0.4 is 9.62 Å². The van der Waals surface area contributed by atoms with Gasteiger partial charge in [-0.15, -0.1) is 0 Å². The highest BCUT2D eigenvalue weighted by molar-refractivity contribution is 7.89. The fraction of sp³-hybridized carbons (Fsp3) is 0.387. The van der Waals surface area contributed by atoms with Crippen LogP contribution in [0.3, 0.4) is 0 Å². The van der Waals surface area contributed by atoms with E-state index in [-0.39, 0.29) is 28.2 Å². The van der Waals surface area contributed by atoms with Gasteiger partial charge >= 0.3 is 12.1 Å². The molecule has 0 spiro atoms. The second-order valence-corrected chi connectivity index (χ2v) is 13.3. The van der Waals surface area contributed by atoms with Gasteiger partial charge < -0.3 is 9.84 Å². The molecule has 1 atom stereocenters. The average Bonchev–Trinajstić information content (AvgIpc) is 3.72. The van der Waals surface area contributed by atoms with Crippen LogP contribution in [0.2, 0.25) is 0 Å². The number of anilines is 1. The van der Waals surface area contributed by atoms with Crippen molar-refractivity contribution < 1.29 is 32.2 Å². The molecule has 1 heterocycles. The van der Waals surface area contributed by atoms with E-state index in [1.54, 1.807) is 32.9 Å². The molecular weight excluding hydrogens is 561 g/mol. The highest BCUT2D eigenvalue weighted by Crippen LogP contribution is 2.50. The minimum Gasteiger partial charge on any atom is -0.480 e. The maximum atomic E-state index is 13.5. The van der Waals surface area contributed by atoms with Gasteiger partial charge in [0.25, 0.3) is 0 Å².